The van der Waals surface area contributed by atoms with E-state index in [0.717, 1.165) is 9.46 Å². The highest BCUT2D eigenvalue weighted by Crippen LogP contribution is 2.34. The maximum Gasteiger partial charge on any atom is 0.450 e. The quantitative estimate of drug-likeness (QED) is 0.405. The second-order valence-electron chi connectivity index (χ2n) is 6.71. The largest absolute Gasteiger partial charge is 0.497 e. The molecule has 2 heterocycles. The number of nitrogens with one attached hydrogen (secondary N) is 1. The van der Waals surface area contributed by atoms with Crippen LogP contribution in [0, 0.1) is 0 Å². The van der Waals surface area contributed by atoms with E-state index in [-0.39, 0.29) is 28.4 Å². The van der Waals surface area contributed by atoms with Crippen molar-refractivity contribution in [3.05, 3.63) is 72.2 Å². The molecule has 0 saturated heterocycles. The molecular formula is C22H17F3N4O2S. The summed E-state index contributed by atoms with van der Waals surface area (Å²) in [5.74, 6) is -0.823. The molecule has 0 atom stereocenters. The minimum Gasteiger partial charge on any atom is -0.497 e. The standard InChI is InChI=1S/C22H17F3N4O2S/c1-31-15-7-8-18-17(11-15)27-21(22(23,24)25)29(18)14-6-9-19(26-12-14)28-20(30)13-4-3-5-16(10-13)32-2/h3-12H,1-2H3,(H,26,28,30). The monoisotopic (exact) mass is 458 g/mol. The molecule has 10 heteroatoms. The molecule has 0 unspecified atom stereocenters. The van der Waals surface area contributed by atoms with E-state index in [1.807, 2.05) is 12.3 Å². The number of aromatic nitrogens is 3. The summed E-state index contributed by atoms with van der Waals surface area (Å²) in [7, 11) is 1.43. The van der Waals surface area contributed by atoms with E-state index >= 15 is 0 Å². The Morgan fingerprint density at radius 1 is 1.12 bits per heavy atom. The van der Waals surface area contributed by atoms with Crippen LogP contribution in [0.3, 0.4) is 0 Å². The van der Waals surface area contributed by atoms with Crippen LogP contribution in [0.2, 0.25) is 0 Å². The van der Waals surface area contributed by atoms with Crippen molar-refractivity contribution in [1.82, 2.24) is 14.5 Å². The van der Waals surface area contributed by atoms with Crippen molar-refractivity contribution in [3.63, 3.8) is 0 Å². The third-order valence-electron chi connectivity index (χ3n) is 4.69. The normalized spacial score (nSPS) is 11.5. The van der Waals surface area contributed by atoms with Crippen LogP contribution in [0.25, 0.3) is 16.7 Å². The molecule has 0 fully saturated rings. The lowest BCUT2D eigenvalue weighted by molar-refractivity contribution is -0.145. The number of alkyl halides is 3. The van der Waals surface area contributed by atoms with Gasteiger partial charge in [0, 0.05) is 16.5 Å². The number of benzene rings is 2. The van der Waals surface area contributed by atoms with E-state index in [9.17, 15) is 18.0 Å². The maximum absolute atomic E-state index is 13.7. The van der Waals surface area contributed by atoms with Gasteiger partial charge in [-0.1, -0.05) is 6.07 Å². The van der Waals surface area contributed by atoms with Gasteiger partial charge in [0.1, 0.15) is 11.6 Å². The molecule has 4 rings (SSSR count). The number of methoxy groups -OCH3 is 1. The highest BCUT2D eigenvalue weighted by atomic mass is 32.2. The van der Waals surface area contributed by atoms with Crippen LogP contribution in [-0.4, -0.2) is 33.8 Å². The van der Waals surface area contributed by atoms with Crippen LogP contribution in [0.15, 0.2) is 65.7 Å². The number of carbonyl (C=O) groups is 1. The third kappa shape index (κ3) is 4.26. The molecule has 0 spiro atoms. The van der Waals surface area contributed by atoms with Gasteiger partial charge in [0.05, 0.1) is 30.0 Å². The molecule has 0 radical (unpaired) electrons. The molecule has 6 nitrogen and oxygen atoms in total. The summed E-state index contributed by atoms with van der Waals surface area (Å²) >= 11 is 1.51. The topological polar surface area (TPSA) is 69.0 Å². The summed E-state index contributed by atoms with van der Waals surface area (Å²) in [5, 5.41) is 2.66. The minimum absolute atomic E-state index is 0.141. The van der Waals surface area contributed by atoms with Crippen molar-refractivity contribution in [2.75, 3.05) is 18.7 Å². The first kappa shape index (κ1) is 21.7. The summed E-state index contributed by atoms with van der Waals surface area (Å²) in [5.41, 5.74) is 1.01. The molecule has 1 N–H and O–H groups in total. The van der Waals surface area contributed by atoms with Gasteiger partial charge in [-0.25, -0.2) is 9.97 Å². The predicted molar refractivity (Wildman–Crippen MR) is 117 cm³/mol. The highest BCUT2D eigenvalue weighted by molar-refractivity contribution is 7.98. The van der Waals surface area contributed by atoms with Gasteiger partial charge < -0.3 is 10.1 Å². The first-order valence-electron chi connectivity index (χ1n) is 9.35. The second-order valence-corrected chi connectivity index (χ2v) is 7.59. The second kappa shape index (κ2) is 8.54. The summed E-state index contributed by atoms with van der Waals surface area (Å²) in [6, 6.07) is 14.5. The van der Waals surface area contributed by atoms with Gasteiger partial charge in [-0.2, -0.15) is 13.2 Å². The SMILES string of the molecule is COc1ccc2c(c1)nc(C(F)(F)F)n2-c1ccc(NC(=O)c2cccc(SC)c2)nc1. The van der Waals surface area contributed by atoms with Gasteiger partial charge in [0.15, 0.2) is 0 Å². The summed E-state index contributed by atoms with van der Waals surface area (Å²) < 4.78 is 47.0. The minimum atomic E-state index is -4.68. The molecule has 2 aromatic carbocycles. The molecule has 2 aromatic heterocycles. The highest BCUT2D eigenvalue weighted by Gasteiger charge is 2.38. The smallest absolute Gasteiger partial charge is 0.450 e. The van der Waals surface area contributed by atoms with E-state index in [4.69, 9.17) is 4.74 Å². The van der Waals surface area contributed by atoms with Crippen LogP contribution >= 0.6 is 11.8 Å². The average molecular weight is 458 g/mol. The summed E-state index contributed by atoms with van der Waals surface area (Å²) in [4.78, 5) is 21.3. The van der Waals surface area contributed by atoms with Crippen LogP contribution in [0.4, 0.5) is 19.0 Å². The predicted octanol–water partition coefficient (Wildman–Crippen LogP) is 5.42. The van der Waals surface area contributed by atoms with E-state index in [1.165, 1.54) is 49.3 Å². The van der Waals surface area contributed by atoms with E-state index in [1.54, 1.807) is 24.3 Å². The molecule has 164 valence electrons. The number of pyridine rings is 1. The Morgan fingerprint density at radius 3 is 2.59 bits per heavy atom. The Labute approximate surface area is 185 Å². The third-order valence-corrected chi connectivity index (χ3v) is 5.42. The van der Waals surface area contributed by atoms with Crippen molar-refractivity contribution < 1.29 is 22.7 Å². The lowest BCUT2D eigenvalue weighted by Crippen LogP contribution is -2.15. The molecule has 32 heavy (non-hydrogen) atoms. The van der Waals surface area contributed by atoms with E-state index in [0.29, 0.717) is 11.3 Å². The van der Waals surface area contributed by atoms with Crippen molar-refractivity contribution >= 4 is 34.5 Å². The van der Waals surface area contributed by atoms with E-state index in [2.05, 4.69) is 15.3 Å². The van der Waals surface area contributed by atoms with Crippen LogP contribution in [-0.2, 0) is 6.18 Å². The van der Waals surface area contributed by atoms with Gasteiger partial charge in [-0.15, -0.1) is 11.8 Å². The Morgan fingerprint density at radius 2 is 1.94 bits per heavy atom. The fraction of sp³-hybridized carbons (Fsp3) is 0.136. The number of hydrogen-bond donors (Lipinski definition) is 1. The van der Waals surface area contributed by atoms with Crippen molar-refractivity contribution in [1.29, 1.82) is 0 Å². The Kier molecular flexibility index (Phi) is 5.79. The summed E-state index contributed by atoms with van der Waals surface area (Å²) in [6.07, 6.45) is -1.52. The zero-order chi connectivity index (χ0) is 22.9. The van der Waals surface area contributed by atoms with Crippen LogP contribution in [0.1, 0.15) is 16.2 Å². The lowest BCUT2D eigenvalue weighted by Gasteiger charge is -2.12. The number of carbonyl (C=O) groups excluding carboxylic acids is 1. The molecule has 0 saturated carbocycles. The first-order chi connectivity index (χ1) is 15.3. The number of rotatable bonds is 5. The Hall–Kier alpha value is -3.53. The molecule has 0 aliphatic rings. The van der Waals surface area contributed by atoms with Gasteiger partial charge in [-0.3, -0.25) is 9.36 Å². The zero-order valence-corrected chi connectivity index (χ0v) is 17.8. The Balaban J connectivity index is 1.67. The fourth-order valence-corrected chi connectivity index (χ4v) is 3.64. The zero-order valence-electron chi connectivity index (χ0n) is 17.0. The van der Waals surface area contributed by atoms with Gasteiger partial charge >= 0.3 is 6.18 Å². The van der Waals surface area contributed by atoms with Gasteiger partial charge in [-0.05, 0) is 48.7 Å². The van der Waals surface area contributed by atoms with E-state index < -0.39 is 12.0 Å². The number of fused-ring (bicyclic) bond motifs is 1. The van der Waals surface area contributed by atoms with Crippen molar-refractivity contribution in [3.8, 4) is 11.4 Å². The molecule has 4 aromatic rings. The maximum atomic E-state index is 13.7. The lowest BCUT2D eigenvalue weighted by atomic mass is 10.2. The number of imidazole rings is 1. The number of nitrogens with zero attached hydrogens (tertiary/aromatic N) is 3. The molecule has 1 amide bonds. The molecule has 0 aliphatic heterocycles. The van der Waals surface area contributed by atoms with Crippen molar-refractivity contribution in [2.45, 2.75) is 11.1 Å². The van der Waals surface area contributed by atoms with Gasteiger partial charge in [0.25, 0.3) is 5.91 Å². The molecule has 0 aliphatic carbocycles. The number of halogens is 3. The number of anilines is 1. The first-order valence-corrected chi connectivity index (χ1v) is 10.6. The van der Waals surface area contributed by atoms with Gasteiger partial charge in [0.2, 0.25) is 5.82 Å². The number of hydrogen-bond acceptors (Lipinski definition) is 5. The Bertz CT molecular complexity index is 1290. The number of amides is 1. The number of ether oxygens (including phenoxy) is 1. The number of thioether (sulfide) groups is 1. The molecule has 0 bridgehead atoms. The molecular weight excluding hydrogens is 441 g/mol. The van der Waals surface area contributed by atoms with Crippen LogP contribution < -0.4 is 10.1 Å². The fourth-order valence-electron chi connectivity index (χ4n) is 3.18. The van der Waals surface area contributed by atoms with Crippen molar-refractivity contribution in [2.24, 2.45) is 0 Å². The van der Waals surface area contributed by atoms with Crippen LogP contribution in [0.5, 0.6) is 5.75 Å². The summed E-state index contributed by atoms with van der Waals surface area (Å²) in [6.45, 7) is 0. The average Bonchev–Trinajstić information content (AvgIpc) is 3.19.